The van der Waals surface area contributed by atoms with Crippen LogP contribution in [0.15, 0.2) is 84.1 Å². The Morgan fingerprint density at radius 1 is 0.935 bits per heavy atom. The zero-order chi connectivity index (χ0) is 21.4. The van der Waals surface area contributed by atoms with Crippen LogP contribution in [0.25, 0.3) is 0 Å². The predicted octanol–water partition coefficient (Wildman–Crippen LogP) is 6.33. The number of ether oxygens (including phenoxy) is 1. The lowest BCUT2D eigenvalue weighted by Crippen LogP contribution is -2.27. The molecule has 0 bridgehead atoms. The Bertz CT molecular complexity index is 1190. The maximum absolute atomic E-state index is 13.6. The number of allylic oxidation sites excluding steroid dienone is 1. The number of carbonyl (C=O) groups excluding carboxylic acids is 1. The van der Waals surface area contributed by atoms with Crippen molar-refractivity contribution in [2.24, 2.45) is 0 Å². The SMILES string of the molecule is COc1cccc(C2CC(=O)C3=C(C2)Nc2ccccc2NC3c2ccccc2Cl)c1. The van der Waals surface area contributed by atoms with Crippen LogP contribution in [0.2, 0.25) is 5.02 Å². The summed E-state index contributed by atoms with van der Waals surface area (Å²) in [7, 11) is 1.66. The van der Waals surface area contributed by atoms with E-state index in [0.717, 1.165) is 45.9 Å². The van der Waals surface area contributed by atoms with Crippen LogP contribution < -0.4 is 15.4 Å². The Hall–Kier alpha value is -3.24. The molecule has 2 atom stereocenters. The van der Waals surface area contributed by atoms with Gasteiger partial charge in [0.15, 0.2) is 5.78 Å². The zero-order valence-electron chi connectivity index (χ0n) is 17.2. The van der Waals surface area contributed by atoms with Gasteiger partial charge in [0, 0.05) is 22.7 Å². The van der Waals surface area contributed by atoms with Crippen LogP contribution in [0.3, 0.4) is 0 Å². The molecule has 5 rings (SSSR count). The third-order valence-electron chi connectivity index (χ3n) is 6.09. The predicted molar refractivity (Wildman–Crippen MR) is 125 cm³/mol. The largest absolute Gasteiger partial charge is 0.497 e. The normalized spacial score (nSPS) is 20.1. The molecule has 2 aliphatic rings. The third kappa shape index (κ3) is 3.68. The number of carbonyl (C=O) groups is 1. The van der Waals surface area contributed by atoms with Gasteiger partial charge in [0.2, 0.25) is 0 Å². The summed E-state index contributed by atoms with van der Waals surface area (Å²) in [5.74, 6) is 1.03. The Labute approximate surface area is 186 Å². The van der Waals surface area contributed by atoms with Crippen molar-refractivity contribution in [3.63, 3.8) is 0 Å². The van der Waals surface area contributed by atoms with Crippen LogP contribution in [-0.4, -0.2) is 12.9 Å². The van der Waals surface area contributed by atoms with Gasteiger partial charge in [0.25, 0.3) is 0 Å². The number of Topliss-reactive ketones (excluding diaryl/α,β-unsaturated/α-hetero) is 1. The van der Waals surface area contributed by atoms with Crippen LogP contribution in [0, 0.1) is 0 Å². The first-order chi connectivity index (χ1) is 15.1. The summed E-state index contributed by atoms with van der Waals surface area (Å²) in [6, 6.07) is 23.5. The van der Waals surface area contributed by atoms with Gasteiger partial charge in [-0.1, -0.05) is 54.1 Å². The molecule has 31 heavy (non-hydrogen) atoms. The number of nitrogens with one attached hydrogen (secondary N) is 2. The van der Waals surface area contributed by atoms with Crippen molar-refractivity contribution in [2.75, 3.05) is 17.7 Å². The lowest BCUT2D eigenvalue weighted by Gasteiger charge is -2.30. The first kappa shape index (κ1) is 19.7. The van der Waals surface area contributed by atoms with E-state index < -0.39 is 0 Å². The summed E-state index contributed by atoms with van der Waals surface area (Å²) in [5.41, 5.74) is 5.65. The van der Waals surface area contributed by atoms with E-state index in [1.807, 2.05) is 66.7 Å². The number of fused-ring (bicyclic) bond motifs is 1. The van der Waals surface area contributed by atoms with Crippen LogP contribution in [0.4, 0.5) is 11.4 Å². The average molecular weight is 431 g/mol. The number of rotatable bonds is 3. The number of halogens is 1. The number of methoxy groups -OCH3 is 1. The van der Waals surface area contributed by atoms with Crippen molar-refractivity contribution >= 4 is 28.8 Å². The average Bonchev–Trinajstić information content (AvgIpc) is 2.96. The Morgan fingerprint density at radius 2 is 1.71 bits per heavy atom. The summed E-state index contributed by atoms with van der Waals surface area (Å²) in [5, 5.41) is 7.78. The maximum atomic E-state index is 13.6. The first-order valence-electron chi connectivity index (χ1n) is 10.4. The van der Waals surface area contributed by atoms with Gasteiger partial charge < -0.3 is 15.4 Å². The summed E-state index contributed by atoms with van der Waals surface area (Å²) >= 11 is 6.57. The van der Waals surface area contributed by atoms with E-state index in [0.29, 0.717) is 11.4 Å². The minimum Gasteiger partial charge on any atom is -0.497 e. The van der Waals surface area contributed by atoms with Crippen LogP contribution in [0.1, 0.15) is 35.9 Å². The lowest BCUT2D eigenvalue weighted by molar-refractivity contribution is -0.116. The van der Waals surface area contributed by atoms with E-state index >= 15 is 0 Å². The quantitative estimate of drug-likeness (QED) is 0.509. The second kappa shape index (κ2) is 8.12. The van der Waals surface area contributed by atoms with E-state index in [9.17, 15) is 4.79 Å². The number of para-hydroxylation sites is 2. The van der Waals surface area contributed by atoms with E-state index in [4.69, 9.17) is 16.3 Å². The summed E-state index contributed by atoms with van der Waals surface area (Å²) in [6.07, 6.45) is 1.19. The van der Waals surface area contributed by atoms with Crippen molar-refractivity contribution in [1.29, 1.82) is 0 Å². The van der Waals surface area contributed by atoms with Gasteiger partial charge in [0.05, 0.1) is 24.5 Å². The highest BCUT2D eigenvalue weighted by molar-refractivity contribution is 6.31. The number of anilines is 2. The number of ketones is 1. The molecule has 0 radical (unpaired) electrons. The number of benzene rings is 3. The van der Waals surface area contributed by atoms with Gasteiger partial charge in [-0.25, -0.2) is 0 Å². The molecular weight excluding hydrogens is 408 g/mol. The molecule has 2 N–H and O–H groups in total. The van der Waals surface area contributed by atoms with Gasteiger partial charge in [0.1, 0.15) is 5.75 Å². The van der Waals surface area contributed by atoms with E-state index in [2.05, 4.69) is 16.7 Å². The second-order valence-corrected chi connectivity index (χ2v) is 8.37. The van der Waals surface area contributed by atoms with Crippen LogP contribution >= 0.6 is 11.6 Å². The molecule has 1 aliphatic carbocycles. The molecule has 1 aliphatic heterocycles. The van der Waals surface area contributed by atoms with Gasteiger partial charge in [-0.05, 0) is 53.8 Å². The van der Waals surface area contributed by atoms with Crippen molar-refractivity contribution in [3.8, 4) is 5.75 Å². The Kier molecular flexibility index (Phi) is 5.16. The molecule has 4 nitrogen and oxygen atoms in total. The fraction of sp³-hybridized carbons (Fsp3) is 0.192. The second-order valence-electron chi connectivity index (χ2n) is 7.97. The van der Waals surface area contributed by atoms with E-state index in [-0.39, 0.29) is 17.7 Å². The minimum absolute atomic E-state index is 0.0889. The van der Waals surface area contributed by atoms with Crippen molar-refractivity contribution < 1.29 is 9.53 Å². The molecule has 0 amide bonds. The van der Waals surface area contributed by atoms with Crippen molar-refractivity contribution in [1.82, 2.24) is 0 Å². The Morgan fingerprint density at radius 3 is 2.52 bits per heavy atom. The molecule has 2 unspecified atom stereocenters. The summed E-state index contributed by atoms with van der Waals surface area (Å²) in [4.78, 5) is 13.6. The highest BCUT2D eigenvalue weighted by atomic mass is 35.5. The fourth-order valence-electron chi connectivity index (χ4n) is 4.57. The lowest BCUT2D eigenvalue weighted by atomic mass is 9.78. The van der Waals surface area contributed by atoms with Gasteiger partial charge >= 0.3 is 0 Å². The monoisotopic (exact) mass is 430 g/mol. The third-order valence-corrected chi connectivity index (χ3v) is 6.43. The molecule has 156 valence electrons. The summed E-state index contributed by atoms with van der Waals surface area (Å²) in [6.45, 7) is 0. The molecular formula is C26H23ClN2O2. The fourth-order valence-corrected chi connectivity index (χ4v) is 4.81. The molecule has 3 aromatic rings. The molecule has 0 saturated heterocycles. The number of hydrogen-bond donors (Lipinski definition) is 2. The first-order valence-corrected chi connectivity index (χ1v) is 10.8. The molecule has 0 spiro atoms. The molecule has 1 heterocycles. The van der Waals surface area contributed by atoms with E-state index in [1.54, 1.807) is 7.11 Å². The van der Waals surface area contributed by atoms with Crippen molar-refractivity contribution in [2.45, 2.75) is 24.8 Å². The molecule has 0 saturated carbocycles. The minimum atomic E-state index is -0.307. The number of hydrogen-bond acceptors (Lipinski definition) is 4. The Balaban J connectivity index is 1.61. The van der Waals surface area contributed by atoms with Gasteiger partial charge in [-0.15, -0.1) is 0 Å². The van der Waals surface area contributed by atoms with Crippen LogP contribution in [0.5, 0.6) is 5.75 Å². The van der Waals surface area contributed by atoms with Gasteiger partial charge in [-0.3, -0.25) is 4.79 Å². The highest BCUT2D eigenvalue weighted by Crippen LogP contribution is 2.45. The zero-order valence-corrected chi connectivity index (χ0v) is 17.9. The smallest absolute Gasteiger partial charge is 0.163 e. The maximum Gasteiger partial charge on any atom is 0.163 e. The van der Waals surface area contributed by atoms with E-state index in [1.165, 1.54) is 0 Å². The van der Waals surface area contributed by atoms with Crippen LogP contribution in [-0.2, 0) is 4.79 Å². The highest BCUT2D eigenvalue weighted by Gasteiger charge is 2.36. The summed E-state index contributed by atoms with van der Waals surface area (Å²) < 4.78 is 5.40. The topological polar surface area (TPSA) is 50.4 Å². The molecule has 3 aromatic carbocycles. The standard InChI is InChI=1S/C26H23ClN2O2/c1-31-18-8-6-7-16(13-18)17-14-23-25(24(30)15-17)26(19-9-2-3-10-20(19)27)29-22-12-5-4-11-21(22)28-23/h2-13,17,26,28-29H,14-15H2,1H3. The van der Waals surface area contributed by atoms with Gasteiger partial charge in [-0.2, -0.15) is 0 Å². The molecule has 5 heteroatoms. The molecule has 0 aromatic heterocycles. The van der Waals surface area contributed by atoms with Crippen molar-refractivity contribution in [3.05, 3.63) is 100 Å². The molecule has 0 fully saturated rings.